The van der Waals surface area contributed by atoms with Crippen molar-refractivity contribution in [2.45, 2.75) is 19.0 Å². The number of pyridine rings is 1. The second-order valence-corrected chi connectivity index (χ2v) is 8.60. The molecule has 0 aliphatic carbocycles. The molecule has 35 heavy (non-hydrogen) atoms. The number of halogens is 1. The predicted octanol–water partition coefficient (Wildman–Crippen LogP) is 6.25. The molecule has 2 heterocycles. The SMILES string of the molecule is C[C@@H](Nc1c(C#N)cnc2c(NC(c3ccccc3)c3cn[nH]n3)cc(Cl)cc12)c1ccccc1. The first-order valence-electron chi connectivity index (χ1n) is 11.1. The van der Waals surface area contributed by atoms with Crippen molar-refractivity contribution in [2.24, 2.45) is 0 Å². The molecule has 8 heteroatoms. The van der Waals surface area contributed by atoms with Crippen LogP contribution in [0.5, 0.6) is 0 Å². The van der Waals surface area contributed by atoms with Crippen LogP contribution in [0.25, 0.3) is 10.9 Å². The lowest BCUT2D eigenvalue weighted by molar-refractivity contribution is 0.852. The quantitative estimate of drug-likeness (QED) is 0.255. The summed E-state index contributed by atoms with van der Waals surface area (Å²) < 4.78 is 0. The number of benzene rings is 3. The molecule has 172 valence electrons. The third-order valence-corrected chi connectivity index (χ3v) is 6.10. The zero-order valence-corrected chi connectivity index (χ0v) is 19.7. The summed E-state index contributed by atoms with van der Waals surface area (Å²) in [5.41, 5.74) is 5.41. The van der Waals surface area contributed by atoms with Gasteiger partial charge in [0.2, 0.25) is 0 Å². The van der Waals surface area contributed by atoms with E-state index < -0.39 is 0 Å². The van der Waals surface area contributed by atoms with Gasteiger partial charge in [-0.1, -0.05) is 72.3 Å². The first-order valence-corrected chi connectivity index (χ1v) is 11.5. The summed E-state index contributed by atoms with van der Waals surface area (Å²) in [5, 5.41) is 29.1. The average Bonchev–Trinajstić information content (AvgIpc) is 3.43. The fraction of sp³-hybridized carbons (Fsp3) is 0.111. The summed E-state index contributed by atoms with van der Waals surface area (Å²) in [6, 6.07) is 25.7. The van der Waals surface area contributed by atoms with E-state index in [9.17, 15) is 5.26 Å². The van der Waals surface area contributed by atoms with Crippen LogP contribution in [0.4, 0.5) is 11.4 Å². The van der Waals surface area contributed by atoms with Crippen LogP contribution in [0.1, 0.15) is 41.4 Å². The molecule has 3 aromatic carbocycles. The fourth-order valence-electron chi connectivity index (χ4n) is 4.14. The minimum Gasteiger partial charge on any atom is -0.377 e. The maximum atomic E-state index is 9.82. The number of anilines is 2. The van der Waals surface area contributed by atoms with Gasteiger partial charge in [0.1, 0.15) is 11.8 Å². The molecule has 7 nitrogen and oxygen atoms in total. The minimum absolute atomic E-state index is 0.0310. The molecule has 1 unspecified atom stereocenters. The maximum absolute atomic E-state index is 9.82. The zero-order valence-electron chi connectivity index (χ0n) is 18.9. The molecular weight excluding hydrogens is 458 g/mol. The normalized spacial score (nSPS) is 12.6. The largest absolute Gasteiger partial charge is 0.377 e. The van der Waals surface area contributed by atoms with Crippen LogP contribution in [-0.4, -0.2) is 20.4 Å². The third kappa shape index (κ3) is 4.65. The van der Waals surface area contributed by atoms with Crippen molar-refractivity contribution in [3.8, 4) is 6.07 Å². The first-order chi connectivity index (χ1) is 17.1. The Balaban J connectivity index is 1.61. The number of H-pyrrole nitrogens is 1. The molecule has 0 aliphatic heterocycles. The van der Waals surface area contributed by atoms with Crippen molar-refractivity contribution in [1.82, 2.24) is 20.4 Å². The molecule has 0 fully saturated rings. The fourth-order valence-corrected chi connectivity index (χ4v) is 4.36. The van der Waals surface area contributed by atoms with Gasteiger partial charge < -0.3 is 10.6 Å². The standard InChI is InChI=1S/C27H22ClN7/c1-17(18-8-4-2-5-9-18)32-25-20(14-29)15-30-27-22(25)12-21(28)13-23(27)33-26(24-16-31-35-34-24)19-10-6-3-7-11-19/h2-13,15-17,26,33H,1H3,(H,30,32)(H,31,34,35)/t17-,26?/m1/s1. The lowest BCUT2D eigenvalue weighted by Crippen LogP contribution is -2.14. The summed E-state index contributed by atoms with van der Waals surface area (Å²) in [7, 11) is 0. The summed E-state index contributed by atoms with van der Waals surface area (Å²) in [6.45, 7) is 2.06. The van der Waals surface area contributed by atoms with E-state index in [0.717, 1.165) is 27.9 Å². The Labute approximate surface area is 207 Å². The Morgan fingerprint density at radius 3 is 2.31 bits per heavy atom. The summed E-state index contributed by atoms with van der Waals surface area (Å²) in [4.78, 5) is 4.63. The van der Waals surface area contributed by atoms with E-state index in [0.29, 0.717) is 21.8 Å². The van der Waals surface area contributed by atoms with E-state index in [2.05, 4.69) is 56.2 Å². The Hall–Kier alpha value is -4.41. The molecule has 2 aromatic heterocycles. The van der Waals surface area contributed by atoms with Crippen molar-refractivity contribution in [1.29, 1.82) is 5.26 Å². The molecule has 0 bridgehead atoms. The number of hydrogen-bond donors (Lipinski definition) is 3. The van der Waals surface area contributed by atoms with Gasteiger partial charge >= 0.3 is 0 Å². The Morgan fingerprint density at radius 2 is 1.66 bits per heavy atom. The van der Waals surface area contributed by atoms with Gasteiger partial charge in [-0.05, 0) is 30.2 Å². The van der Waals surface area contributed by atoms with Crippen LogP contribution >= 0.6 is 11.6 Å². The second kappa shape index (κ2) is 9.84. The Bertz CT molecular complexity index is 1480. The number of fused-ring (bicyclic) bond motifs is 1. The number of aromatic amines is 1. The zero-order chi connectivity index (χ0) is 24.2. The number of aromatic nitrogens is 4. The number of nitrogens with one attached hydrogen (secondary N) is 3. The van der Waals surface area contributed by atoms with E-state index in [1.54, 1.807) is 12.4 Å². The number of rotatable bonds is 7. The molecular formula is C27H22ClN7. The van der Waals surface area contributed by atoms with E-state index >= 15 is 0 Å². The summed E-state index contributed by atoms with van der Waals surface area (Å²) in [6.07, 6.45) is 3.28. The molecule has 0 radical (unpaired) electrons. The molecule has 0 saturated carbocycles. The van der Waals surface area contributed by atoms with E-state index in [-0.39, 0.29) is 12.1 Å². The molecule has 3 N–H and O–H groups in total. The molecule has 2 atom stereocenters. The number of nitriles is 1. The van der Waals surface area contributed by atoms with Crippen molar-refractivity contribution in [2.75, 3.05) is 10.6 Å². The minimum atomic E-state index is -0.284. The highest BCUT2D eigenvalue weighted by molar-refractivity contribution is 6.32. The second-order valence-electron chi connectivity index (χ2n) is 8.17. The highest BCUT2D eigenvalue weighted by Crippen LogP contribution is 2.37. The predicted molar refractivity (Wildman–Crippen MR) is 138 cm³/mol. The topological polar surface area (TPSA) is 102 Å². The first kappa shape index (κ1) is 22.4. The lowest BCUT2D eigenvalue weighted by atomic mass is 10.0. The van der Waals surface area contributed by atoms with Crippen LogP contribution in [-0.2, 0) is 0 Å². The van der Waals surface area contributed by atoms with Gasteiger partial charge in [0.25, 0.3) is 0 Å². The number of nitrogens with zero attached hydrogens (tertiary/aromatic N) is 4. The molecule has 5 rings (SSSR count). The van der Waals surface area contributed by atoms with E-state index in [4.69, 9.17) is 11.6 Å². The molecule has 0 aliphatic rings. The van der Waals surface area contributed by atoms with Gasteiger partial charge in [0.05, 0.1) is 34.7 Å². The van der Waals surface area contributed by atoms with Crippen molar-refractivity contribution in [3.05, 3.63) is 113 Å². The third-order valence-electron chi connectivity index (χ3n) is 5.88. The molecule has 0 spiro atoms. The smallest absolute Gasteiger partial charge is 0.109 e. The van der Waals surface area contributed by atoms with Crippen LogP contribution in [0.3, 0.4) is 0 Å². The molecule has 0 amide bonds. The van der Waals surface area contributed by atoms with Crippen LogP contribution in [0.2, 0.25) is 5.02 Å². The van der Waals surface area contributed by atoms with E-state index in [1.165, 1.54) is 0 Å². The highest BCUT2D eigenvalue weighted by atomic mass is 35.5. The van der Waals surface area contributed by atoms with Crippen LogP contribution < -0.4 is 10.6 Å². The van der Waals surface area contributed by atoms with E-state index in [1.807, 2.05) is 60.7 Å². The van der Waals surface area contributed by atoms with Gasteiger partial charge in [-0.25, -0.2) is 0 Å². The molecule has 5 aromatic rings. The van der Waals surface area contributed by atoms with Crippen molar-refractivity contribution in [3.63, 3.8) is 0 Å². The van der Waals surface area contributed by atoms with Gasteiger partial charge in [-0.3, -0.25) is 4.98 Å². The van der Waals surface area contributed by atoms with Crippen molar-refractivity contribution >= 4 is 33.9 Å². The van der Waals surface area contributed by atoms with Crippen LogP contribution in [0.15, 0.2) is 85.2 Å². The van der Waals surface area contributed by atoms with Crippen molar-refractivity contribution < 1.29 is 0 Å². The highest BCUT2D eigenvalue weighted by Gasteiger charge is 2.21. The average molecular weight is 480 g/mol. The van der Waals surface area contributed by atoms with Gasteiger partial charge in [0, 0.05) is 22.6 Å². The Kier molecular flexibility index (Phi) is 6.29. The lowest BCUT2D eigenvalue weighted by Gasteiger charge is -2.22. The summed E-state index contributed by atoms with van der Waals surface area (Å²) >= 11 is 6.59. The summed E-state index contributed by atoms with van der Waals surface area (Å²) in [5.74, 6) is 0. The Morgan fingerprint density at radius 1 is 0.943 bits per heavy atom. The number of hydrogen-bond acceptors (Lipinski definition) is 6. The monoisotopic (exact) mass is 479 g/mol. The van der Waals surface area contributed by atoms with Crippen LogP contribution in [0, 0.1) is 11.3 Å². The van der Waals surface area contributed by atoms with Gasteiger partial charge in [0.15, 0.2) is 0 Å². The maximum Gasteiger partial charge on any atom is 0.109 e. The molecule has 0 saturated heterocycles. The van der Waals surface area contributed by atoms with Gasteiger partial charge in [-0.2, -0.15) is 20.7 Å². The van der Waals surface area contributed by atoms with Gasteiger partial charge in [-0.15, -0.1) is 0 Å².